The zero-order valence-electron chi connectivity index (χ0n) is 15.0. The molecule has 0 unspecified atom stereocenters. The van der Waals surface area contributed by atoms with E-state index in [1.165, 1.54) is 0 Å². The van der Waals surface area contributed by atoms with Crippen LogP contribution in [0.3, 0.4) is 0 Å². The van der Waals surface area contributed by atoms with Crippen LogP contribution in [0.2, 0.25) is 5.02 Å². The van der Waals surface area contributed by atoms with Crippen LogP contribution in [0.4, 0.5) is 0 Å². The van der Waals surface area contributed by atoms with E-state index in [1.54, 1.807) is 19.1 Å². The van der Waals surface area contributed by atoms with Crippen molar-refractivity contribution in [2.24, 2.45) is 0 Å². The molecule has 0 saturated heterocycles. The highest BCUT2D eigenvalue weighted by Crippen LogP contribution is 2.48. The Balaban J connectivity index is 1.96. The molecule has 0 aromatic heterocycles. The molecule has 0 bridgehead atoms. The second kappa shape index (κ2) is 6.71. The Bertz CT molecular complexity index is 1040. The quantitative estimate of drug-likeness (QED) is 0.799. The highest BCUT2D eigenvalue weighted by molar-refractivity contribution is 6.32. The summed E-state index contributed by atoms with van der Waals surface area (Å²) in [6, 6.07) is 14.8. The van der Waals surface area contributed by atoms with E-state index in [2.05, 4.69) is 5.32 Å². The van der Waals surface area contributed by atoms with Crippen LogP contribution in [0, 0.1) is 0 Å². The molecular weight excluding hydrogens is 362 g/mol. The number of rotatable bonds is 3. The van der Waals surface area contributed by atoms with Crippen molar-refractivity contribution in [2.75, 3.05) is 6.61 Å². The topological polar surface area (TPSA) is 55.4 Å². The third-order valence-corrected chi connectivity index (χ3v) is 5.30. The van der Waals surface area contributed by atoms with Crippen molar-refractivity contribution in [1.82, 2.24) is 5.32 Å². The lowest BCUT2D eigenvalue weighted by atomic mass is 9.80. The second-order valence-electron chi connectivity index (χ2n) is 6.50. The highest BCUT2D eigenvalue weighted by atomic mass is 35.5. The van der Waals surface area contributed by atoms with E-state index in [4.69, 9.17) is 16.3 Å². The van der Waals surface area contributed by atoms with Gasteiger partial charge < -0.3 is 10.1 Å². The summed E-state index contributed by atoms with van der Waals surface area (Å²) in [5, 5.41) is 3.78. The molecule has 2 aliphatic rings. The number of dihydropyridines is 1. The van der Waals surface area contributed by atoms with Crippen molar-refractivity contribution in [2.45, 2.75) is 19.8 Å². The molecule has 1 atom stereocenters. The minimum atomic E-state index is -0.575. The van der Waals surface area contributed by atoms with E-state index in [9.17, 15) is 9.59 Å². The molecule has 4 rings (SSSR count). The molecule has 2 aromatic rings. The predicted molar refractivity (Wildman–Crippen MR) is 104 cm³/mol. The number of hydrogen-bond acceptors (Lipinski definition) is 4. The second-order valence-corrected chi connectivity index (χ2v) is 6.91. The maximum atomic E-state index is 13.2. The average molecular weight is 380 g/mol. The molecule has 0 spiro atoms. The Morgan fingerprint density at radius 3 is 2.48 bits per heavy atom. The van der Waals surface area contributed by atoms with Crippen molar-refractivity contribution in [1.29, 1.82) is 0 Å². The van der Waals surface area contributed by atoms with Gasteiger partial charge in [-0.1, -0.05) is 54.1 Å². The normalized spacial score (nSPS) is 18.2. The van der Waals surface area contributed by atoms with Crippen LogP contribution >= 0.6 is 11.6 Å². The third kappa shape index (κ3) is 2.68. The van der Waals surface area contributed by atoms with Crippen LogP contribution in [-0.4, -0.2) is 18.4 Å². The molecule has 5 heteroatoms. The zero-order valence-corrected chi connectivity index (χ0v) is 15.8. The molecule has 136 valence electrons. The molecule has 2 aromatic carbocycles. The Labute approximate surface area is 162 Å². The lowest BCUT2D eigenvalue weighted by molar-refractivity contribution is -0.138. The number of carbonyl (C=O) groups excluding carboxylic acids is 2. The fourth-order valence-corrected chi connectivity index (χ4v) is 4.07. The summed E-state index contributed by atoms with van der Waals surface area (Å²) in [5.74, 6) is -1.11. The van der Waals surface area contributed by atoms with Gasteiger partial charge in [0.15, 0.2) is 5.78 Å². The molecule has 0 saturated carbocycles. The van der Waals surface area contributed by atoms with Gasteiger partial charge >= 0.3 is 5.97 Å². The van der Waals surface area contributed by atoms with Crippen molar-refractivity contribution in [3.63, 3.8) is 0 Å². The van der Waals surface area contributed by atoms with Gasteiger partial charge in [0.1, 0.15) is 0 Å². The lowest BCUT2D eigenvalue weighted by Gasteiger charge is -2.29. The maximum absolute atomic E-state index is 13.2. The largest absolute Gasteiger partial charge is 0.463 e. The van der Waals surface area contributed by atoms with E-state index in [0.717, 1.165) is 16.8 Å². The van der Waals surface area contributed by atoms with Gasteiger partial charge in [-0.2, -0.15) is 0 Å². The number of halogens is 1. The summed E-state index contributed by atoms with van der Waals surface area (Å²) in [7, 11) is 0. The number of esters is 1. The Kier molecular flexibility index (Phi) is 4.36. The van der Waals surface area contributed by atoms with Crippen molar-refractivity contribution < 1.29 is 14.3 Å². The van der Waals surface area contributed by atoms with E-state index >= 15 is 0 Å². The van der Waals surface area contributed by atoms with E-state index in [-0.39, 0.29) is 12.4 Å². The summed E-state index contributed by atoms with van der Waals surface area (Å²) in [6.07, 6.45) is 0. The molecule has 27 heavy (non-hydrogen) atoms. The van der Waals surface area contributed by atoms with Crippen LogP contribution in [0.5, 0.6) is 0 Å². The minimum Gasteiger partial charge on any atom is -0.463 e. The van der Waals surface area contributed by atoms with Gasteiger partial charge in [-0.05, 0) is 25.5 Å². The molecule has 1 aliphatic carbocycles. The standard InChI is InChI=1S/C22H18ClNO3/c1-3-27-22(26)17-12(2)24-20-13-8-4-5-9-14(13)21(25)19(20)18(17)15-10-6-7-11-16(15)23/h4-11,18,24H,3H2,1-2H3/t18-/m1/s1. The fraction of sp³-hybridized carbons (Fsp3) is 0.182. The summed E-state index contributed by atoms with van der Waals surface area (Å²) in [5.41, 5.74) is 4.56. The number of allylic oxidation sites excluding steroid dienone is 2. The molecular formula is C22H18ClNO3. The van der Waals surface area contributed by atoms with E-state index in [1.807, 2.05) is 43.3 Å². The first-order chi connectivity index (χ1) is 13.0. The van der Waals surface area contributed by atoms with E-state index in [0.29, 0.717) is 27.4 Å². The van der Waals surface area contributed by atoms with Gasteiger partial charge in [0, 0.05) is 27.4 Å². The van der Waals surface area contributed by atoms with Gasteiger partial charge in [0.25, 0.3) is 0 Å². The van der Waals surface area contributed by atoms with Gasteiger partial charge in [0.2, 0.25) is 0 Å². The lowest BCUT2D eigenvalue weighted by Crippen LogP contribution is -2.29. The first kappa shape index (κ1) is 17.6. The molecule has 0 amide bonds. The average Bonchev–Trinajstić information content (AvgIpc) is 2.94. The Hall–Kier alpha value is -2.85. The summed E-state index contributed by atoms with van der Waals surface area (Å²) >= 11 is 6.47. The molecule has 0 fully saturated rings. The van der Waals surface area contributed by atoms with Gasteiger partial charge in [-0.3, -0.25) is 4.79 Å². The van der Waals surface area contributed by atoms with E-state index < -0.39 is 11.9 Å². The molecule has 1 aliphatic heterocycles. The number of Topliss-reactive ketones (excluding diaryl/α,β-unsaturated/α-hetero) is 1. The van der Waals surface area contributed by atoms with Crippen LogP contribution in [0.1, 0.15) is 41.3 Å². The maximum Gasteiger partial charge on any atom is 0.336 e. The number of carbonyl (C=O) groups is 2. The smallest absolute Gasteiger partial charge is 0.336 e. The molecule has 0 radical (unpaired) electrons. The fourth-order valence-electron chi connectivity index (χ4n) is 3.83. The third-order valence-electron chi connectivity index (χ3n) is 4.96. The summed E-state index contributed by atoms with van der Waals surface area (Å²) < 4.78 is 5.29. The van der Waals surface area contributed by atoms with Gasteiger partial charge in [0.05, 0.1) is 23.8 Å². The SMILES string of the molecule is CCOC(=O)C1=C(C)NC2=C(C(=O)c3ccccc32)[C@@H]1c1ccccc1Cl. The predicted octanol–water partition coefficient (Wildman–Crippen LogP) is 4.47. The first-order valence-electron chi connectivity index (χ1n) is 8.82. The van der Waals surface area contributed by atoms with Crippen LogP contribution in [-0.2, 0) is 9.53 Å². The number of hydrogen-bond donors (Lipinski definition) is 1. The Morgan fingerprint density at radius 2 is 1.78 bits per heavy atom. The van der Waals surface area contributed by atoms with Crippen molar-refractivity contribution in [3.05, 3.63) is 87.1 Å². The molecule has 4 nitrogen and oxygen atoms in total. The number of ketones is 1. The number of fused-ring (bicyclic) bond motifs is 2. The summed E-state index contributed by atoms with van der Waals surface area (Å²) in [6.45, 7) is 3.84. The van der Waals surface area contributed by atoms with Crippen LogP contribution in [0.15, 0.2) is 65.4 Å². The Morgan fingerprint density at radius 1 is 1.11 bits per heavy atom. The van der Waals surface area contributed by atoms with Crippen molar-refractivity contribution in [3.8, 4) is 0 Å². The van der Waals surface area contributed by atoms with Crippen LogP contribution < -0.4 is 5.32 Å². The number of benzene rings is 2. The van der Waals surface area contributed by atoms with Crippen LogP contribution in [0.25, 0.3) is 5.70 Å². The van der Waals surface area contributed by atoms with Gasteiger partial charge in [-0.15, -0.1) is 0 Å². The first-order valence-corrected chi connectivity index (χ1v) is 9.20. The monoisotopic (exact) mass is 379 g/mol. The summed E-state index contributed by atoms with van der Waals surface area (Å²) in [4.78, 5) is 26.0. The molecule has 1 N–H and O–H groups in total. The number of ether oxygens (including phenoxy) is 1. The minimum absolute atomic E-state index is 0.0904. The van der Waals surface area contributed by atoms with Gasteiger partial charge in [-0.25, -0.2) is 4.79 Å². The molecule has 1 heterocycles. The zero-order chi connectivity index (χ0) is 19.1. The highest BCUT2D eigenvalue weighted by Gasteiger charge is 2.43. The number of nitrogens with one attached hydrogen (secondary N) is 1. The van der Waals surface area contributed by atoms with Crippen molar-refractivity contribution >= 4 is 29.1 Å².